The van der Waals surface area contributed by atoms with Gasteiger partial charge >= 0.3 is 0 Å². The predicted molar refractivity (Wildman–Crippen MR) is 133 cm³/mol. The van der Waals surface area contributed by atoms with Gasteiger partial charge in [-0.25, -0.2) is 0 Å². The average Bonchev–Trinajstić information content (AvgIpc) is 3.28. The second kappa shape index (κ2) is 10.8. The van der Waals surface area contributed by atoms with Crippen molar-refractivity contribution in [1.29, 1.82) is 0 Å². The molecule has 2 heterocycles. The normalized spacial score (nSPS) is 11.6. The Kier molecular flexibility index (Phi) is 7.44. The van der Waals surface area contributed by atoms with Gasteiger partial charge in [0.2, 0.25) is 5.91 Å². The van der Waals surface area contributed by atoms with Crippen molar-refractivity contribution in [2.45, 2.75) is 24.3 Å². The van der Waals surface area contributed by atoms with Crippen LogP contribution in [0.4, 0.5) is 5.69 Å². The molecule has 0 aliphatic carbocycles. The topological polar surface area (TPSA) is 91.2 Å². The molecule has 0 bridgehead atoms. The predicted octanol–water partition coefficient (Wildman–Crippen LogP) is 4.86. The quantitative estimate of drug-likeness (QED) is 0.346. The van der Waals surface area contributed by atoms with Gasteiger partial charge in [0.15, 0.2) is 11.0 Å². The van der Waals surface area contributed by atoms with Crippen molar-refractivity contribution in [1.82, 2.24) is 19.7 Å². The van der Waals surface area contributed by atoms with Crippen molar-refractivity contribution in [2.24, 2.45) is 0 Å². The minimum atomic E-state index is -0.429. The standard InChI is InChI=1S/C25H25N5O3S/c1-4-33-21-10-8-20(9-11-21)30-23(18-12-14-26-15-13-18)28-29-25(30)34-17(2)24(31)27-19-6-5-7-22(16-19)32-3/h5-17H,4H2,1-3H3,(H,27,31). The first-order chi connectivity index (χ1) is 16.6. The monoisotopic (exact) mass is 475 g/mol. The van der Waals surface area contributed by atoms with Crippen LogP contribution in [0, 0.1) is 0 Å². The van der Waals surface area contributed by atoms with E-state index in [1.807, 2.05) is 73.0 Å². The number of nitrogens with one attached hydrogen (secondary N) is 1. The molecule has 1 unspecified atom stereocenters. The molecule has 0 radical (unpaired) electrons. The molecule has 0 fully saturated rings. The molecule has 1 N–H and O–H groups in total. The first-order valence-electron chi connectivity index (χ1n) is 10.8. The van der Waals surface area contributed by atoms with E-state index in [-0.39, 0.29) is 5.91 Å². The zero-order chi connectivity index (χ0) is 23.9. The zero-order valence-corrected chi connectivity index (χ0v) is 20.0. The number of carbonyl (C=O) groups excluding carboxylic acids is 1. The number of amides is 1. The van der Waals surface area contributed by atoms with Crippen LogP contribution in [0.2, 0.25) is 0 Å². The van der Waals surface area contributed by atoms with Crippen molar-refractivity contribution in [3.63, 3.8) is 0 Å². The maximum atomic E-state index is 12.9. The van der Waals surface area contributed by atoms with Gasteiger partial charge < -0.3 is 14.8 Å². The average molecular weight is 476 g/mol. The lowest BCUT2D eigenvalue weighted by molar-refractivity contribution is -0.115. The van der Waals surface area contributed by atoms with Crippen LogP contribution in [0.15, 0.2) is 78.2 Å². The van der Waals surface area contributed by atoms with E-state index in [1.54, 1.807) is 25.6 Å². The number of hydrogen-bond acceptors (Lipinski definition) is 7. The highest BCUT2D eigenvalue weighted by Gasteiger charge is 2.22. The first kappa shape index (κ1) is 23.3. The van der Waals surface area contributed by atoms with Crippen LogP contribution in [0.25, 0.3) is 17.1 Å². The van der Waals surface area contributed by atoms with Gasteiger partial charge in [-0.15, -0.1) is 10.2 Å². The number of ether oxygens (including phenoxy) is 2. The Morgan fingerprint density at radius 2 is 1.82 bits per heavy atom. The number of hydrogen-bond donors (Lipinski definition) is 1. The second-order valence-corrected chi connectivity index (χ2v) is 8.59. The highest BCUT2D eigenvalue weighted by molar-refractivity contribution is 8.00. The largest absolute Gasteiger partial charge is 0.497 e. The summed E-state index contributed by atoms with van der Waals surface area (Å²) in [6.45, 7) is 4.38. The van der Waals surface area contributed by atoms with Crippen LogP contribution >= 0.6 is 11.8 Å². The van der Waals surface area contributed by atoms with E-state index >= 15 is 0 Å². The highest BCUT2D eigenvalue weighted by Crippen LogP contribution is 2.31. The molecule has 9 heteroatoms. The van der Waals surface area contributed by atoms with Gasteiger partial charge in [0, 0.05) is 35.4 Å². The van der Waals surface area contributed by atoms with Gasteiger partial charge in [0.05, 0.1) is 19.0 Å². The van der Waals surface area contributed by atoms with E-state index in [0.29, 0.717) is 29.0 Å². The van der Waals surface area contributed by atoms with Crippen LogP contribution < -0.4 is 14.8 Å². The Morgan fingerprint density at radius 1 is 1.06 bits per heavy atom. The lowest BCUT2D eigenvalue weighted by Gasteiger charge is -2.15. The summed E-state index contributed by atoms with van der Waals surface area (Å²) in [6, 6.07) is 18.7. The number of anilines is 1. The van der Waals surface area contributed by atoms with Gasteiger partial charge in [-0.2, -0.15) is 0 Å². The Bertz CT molecular complexity index is 1250. The SMILES string of the molecule is CCOc1ccc(-n2c(SC(C)C(=O)Nc3cccc(OC)c3)nnc2-c2ccncc2)cc1. The van der Waals surface area contributed by atoms with Crippen LogP contribution in [-0.4, -0.2) is 44.6 Å². The molecule has 0 saturated carbocycles. The molecule has 0 aliphatic rings. The molecule has 0 aliphatic heterocycles. The van der Waals surface area contributed by atoms with E-state index in [9.17, 15) is 4.79 Å². The highest BCUT2D eigenvalue weighted by atomic mass is 32.2. The lowest BCUT2D eigenvalue weighted by atomic mass is 10.2. The minimum Gasteiger partial charge on any atom is -0.497 e. The summed E-state index contributed by atoms with van der Waals surface area (Å²) in [5.74, 6) is 1.97. The fourth-order valence-corrected chi connectivity index (χ4v) is 4.15. The van der Waals surface area contributed by atoms with Gasteiger partial charge in [-0.05, 0) is 62.4 Å². The van der Waals surface area contributed by atoms with Gasteiger partial charge in [-0.1, -0.05) is 17.8 Å². The summed E-state index contributed by atoms with van der Waals surface area (Å²) in [4.78, 5) is 17.0. The molecule has 4 rings (SSSR count). The van der Waals surface area contributed by atoms with E-state index in [1.165, 1.54) is 11.8 Å². The van der Waals surface area contributed by atoms with Crippen molar-refractivity contribution in [3.8, 4) is 28.6 Å². The summed E-state index contributed by atoms with van der Waals surface area (Å²) in [7, 11) is 1.59. The molecule has 1 atom stereocenters. The van der Waals surface area contributed by atoms with Gasteiger partial charge in [-0.3, -0.25) is 14.3 Å². The third-order valence-corrected chi connectivity index (χ3v) is 6.01. The Balaban J connectivity index is 1.62. The van der Waals surface area contributed by atoms with Gasteiger partial charge in [0.1, 0.15) is 11.5 Å². The molecule has 0 spiro atoms. The minimum absolute atomic E-state index is 0.148. The van der Waals surface area contributed by atoms with Crippen molar-refractivity contribution < 1.29 is 14.3 Å². The lowest BCUT2D eigenvalue weighted by Crippen LogP contribution is -2.22. The van der Waals surface area contributed by atoms with E-state index < -0.39 is 5.25 Å². The number of methoxy groups -OCH3 is 1. The molecular weight excluding hydrogens is 450 g/mol. The molecule has 34 heavy (non-hydrogen) atoms. The molecular formula is C25H25N5O3S. The number of carbonyl (C=O) groups is 1. The number of rotatable bonds is 9. The third kappa shape index (κ3) is 5.37. The first-order valence-corrected chi connectivity index (χ1v) is 11.7. The molecule has 2 aromatic heterocycles. The second-order valence-electron chi connectivity index (χ2n) is 7.29. The third-order valence-electron chi connectivity index (χ3n) is 4.97. The Labute approximate surface area is 202 Å². The summed E-state index contributed by atoms with van der Waals surface area (Å²) in [5, 5.41) is 11.9. The number of benzene rings is 2. The van der Waals surface area contributed by atoms with Crippen LogP contribution in [0.5, 0.6) is 11.5 Å². The fourth-order valence-electron chi connectivity index (χ4n) is 3.28. The number of thioether (sulfide) groups is 1. The van der Waals surface area contributed by atoms with Crippen molar-refractivity contribution in [2.75, 3.05) is 19.0 Å². The van der Waals surface area contributed by atoms with E-state index in [2.05, 4.69) is 20.5 Å². The van der Waals surface area contributed by atoms with E-state index in [4.69, 9.17) is 9.47 Å². The van der Waals surface area contributed by atoms with Crippen molar-refractivity contribution >= 4 is 23.4 Å². The molecule has 2 aromatic carbocycles. The van der Waals surface area contributed by atoms with E-state index in [0.717, 1.165) is 17.0 Å². The zero-order valence-electron chi connectivity index (χ0n) is 19.1. The molecule has 0 saturated heterocycles. The number of nitrogens with zero attached hydrogens (tertiary/aromatic N) is 4. The van der Waals surface area contributed by atoms with Crippen LogP contribution in [0.3, 0.4) is 0 Å². The van der Waals surface area contributed by atoms with Crippen LogP contribution in [0.1, 0.15) is 13.8 Å². The van der Waals surface area contributed by atoms with Crippen molar-refractivity contribution in [3.05, 3.63) is 73.1 Å². The van der Waals surface area contributed by atoms with Crippen LogP contribution in [-0.2, 0) is 4.79 Å². The summed E-state index contributed by atoms with van der Waals surface area (Å²) >= 11 is 1.33. The van der Waals surface area contributed by atoms with Gasteiger partial charge in [0.25, 0.3) is 0 Å². The fraction of sp³-hybridized carbons (Fsp3) is 0.200. The number of pyridine rings is 1. The Hall–Kier alpha value is -3.85. The Morgan fingerprint density at radius 3 is 2.53 bits per heavy atom. The summed E-state index contributed by atoms with van der Waals surface area (Å²) in [5.41, 5.74) is 2.40. The maximum absolute atomic E-state index is 12.9. The molecule has 174 valence electrons. The molecule has 8 nitrogen and oxygen atoms in total. The summed E-state index contributed by atoms with van der Waals surface area (Å²) < 4.78 is 12.7. The number of aromatic nitrogens is 4. The maximum Gasteiger partial charge on any atom is 0.237 e. The molecule has 1 amide bonds. The molecule has 4 aromatic rings. The summed E-state index contributed by atoms with van der Waals surface area (Å²) in [6.07, 6.45) is 3.42. The smallest absolute Gasteiger partial charge is 0.237 e.